The number of carbonyl (C=O) groups is 1. The molecule has 0 saturated carbocycles. The molecule has 5 nitrogen and oxygen atoms in total. The van der Waals surface area contributed by atoms with Gasteiger partial charge in [0.2, 0.25) is 0 Å². The first-order valence-electron chi connectivity index (χ1n) is 3.68. The minimum Gasteiger partial charge on any atom is -0.494 e. The van der Waals surface area contributed by atoms with E-state index in [1.165, 1.54) is 20.4 Å². The van der Waals surface area contributed by atoms with Gasteiger partial charge in [-0.3, -0.25) is 9.80 Å². The van der Waals surface area contributed by atoms with Crippen LogP contribution in [0.2, 0.25) is 0 Å². The Morgan fingerprint density at radius 1 is 1.69 bits per heavy atom. The number of hydrazine groups is 1. The van der Waals surface area contributed by atoms with Crippen molar-refractivity contribution in [3.8, 4) is 5.75 Å². The zero-order chi connectivity index (χ0) is 9.84. The fourth-order valence-electron chi connectivity index (χ4n) is 0.883. The lowest BCUT2D eigenvalue weighted by molar-refractivity contribution is 0.0785. The van der Waals surface area contributed by atoms with Crippen LogP contribution in [-0.2, 0) is 0 Å². The van der Waals surface area contributed by atoms with Crippen molar-refractivity contribution >= 4 is 5.91 Å². The molecule has 2 N–H and O–H groups in total. The molecule has 0 aromatic carbocycles. The molecule has 1 rings (SSSR count). The van der Waals surface area contributed by atoms with Gasteiger partial charge in [0.1, 0.15) is 5.75 Å². The average molecular weight is 181 g/mol. The highest BCUT2D eigenvalue weighted by atomic mass is 16.5. The largest absolute Gasteiger partial charge is 0.494 e. The van der Waals surface area contributed by atoms with Crippen molar-refractivity contribution in [3.63, 3.8) is 0 Å². The Bertz CT molecular complexity index is 312. The van der Waals surface area contributed by atoms with Crippen LogP contribution in [0.15, 0.2) is 18.3 Å². The monoisotopic (exact) mass is 181 g/mol. The number of carbonyl (C=O) groups excluding carboxylic acids is 1. The summed E-state index contributed by atoms with van der Waals surface area (Å²) in [6.45, 7) is 0. The maximum Gasteiger partial charge on any atom is 0.289 e. The molecule has 0 spiro atoms. The Balaban J connectivity index is 3.06. The molecule has 0 aliphatic rings. The molecule has 1 aromatic rings. The number of ether oxygens (including phenoxy) is 1. The summed E-state index contributed by atoms with van der Waals surface area (Å²) in [5.74, 6) is 5.32. The van der Waals surface area contributed by atoms with Gasteiger partial charge in [0.05, 0.1) is 7.11 Å². The van der Waals surface area contributed by atoms with E-state index in [9.17, 15) is 4.79 Å². The van der Waals surface area contributed by atoms with Crippen molar-refractivity contribution in [2.75, 3.05) is 14.2 Å². The summed E-state index contributed by atoms with van der Waals surface area (Å²) in [5, 5.41) is 0.963. The molecule has 70 valence electrons. The van der Waals surface area contributed by atoms with Crippen molar-refractivity contribution in [1.82, 2.24) is 9.99 Å². The van der Waals surface area contributed by atoms with Gasteiger partial charge in [-0.15, -0.1) is 0 Å². The molecule has 1 aromatic heterocycles. The molecule has 0 radical (unpaired) electrons. The molecular formula is C8H11N3O2. The second-order valence-electron chi connectivity index (χ2n) is 2.47. The third kappa shape index (κ3) is 1.94. The Hall–Kier alpha value is -1.62. The van der Waals surface area contributed by atoms with E-state index in [2.05, 4.69) is 4.98 Å². The van der Waals surface area contributed by atoms with Gasteiger partial charge in [-0.25, -0.2) is 10.8 Å². The van der Waals surface area contributed by atoms with Crippen LogP contribution in [0.25, 0.3) is 0 Å². The first-order valence-corrected chi connectivity index (χ1v) is 3.68. The fraction of sp³-hybridized carbons (Fsp3) is 0.250. The maximum absolute atomic E-state index is 11.4. The lowest BCUT2D eigenvalue weighted by Gasteiger charge is -2.11. The van der Waals surface area contributed by atoms with Crippen LogP contribution >= 0.6 is 0 Å². The number of nitrogens with zero attached hydrogens (tertiary/aromatic N) is 2. The van der Waals surface area contributed by atoms with Gasteiger partial charge in [-0.2, -0.15) is 0 Å². The zero-order valence-corrected chi connectivity index (χ0v) is 7.52. The molecular weight excluding hydrogens is 170 g/mol. The first-order chi connectivity index (χ1) is 6.16. The summed E-state index contributed by atoms with van der Waals surface area (Å²) in [4.78, 5) is 15.3. The van der Waals surface area contributed by atoms with Crippen LogP contribution in [0.3, 0.4) is 0 Å². The van der Waals surface area contributed by atoms with E-state index >= 15 is 0 Å². The highest BCUT2D eigenvalue weighted by Crippen LogP contribution is 2.14. The van der Waals surface area contributed by atoms with Gasteiger partial charge in [-0.05, 0) is 12.1 Å². The second kappa shape index (κ2) is 3.86. The molecule has 1 heterocycles. The molecule has 0 saturated heterocycles. The van der Waals surface area contributed by atoms with Crippen LogP contribution in [0.4, 0.5) is 0 Å². The van der Waals surface area contributed by atoms with E-state index in [0.29, 0.717) is 5.75 Å². The van der Waals surface area contributed by atoms with Crippen LogP contribution in [0.1, 0.15) is 10.5 Å². The van der Waals surface area contributed by atoms with E-state index in [-0.39, 0.29) is 11.6 Å². The summed E-state index contributed by atoms with van der Waals surface area (Å²) in [6.07, 6.45) is 1.51. The number of aromatic nitrogens is 1. The minimum absolute atomic E-state index is 0.218. The first kappa shape index (κ1) is 9.47. The van der Waals surface area contributed by atoms with Gasteiger partial charge in [-0.1, -0.05) is 0 Å². The summed E-state index contributed by atoms with van der Waals surface area (Å²) in [5.41, 5.74) is 0.218. The normalized spacial score (nSPS) is 9.46. The van der Waals surface area contributed by atoms with Gasteiger partial charge >= 0.3 is 0 Å². The number of nitrogens with two attached hydrogens (primary N) is 1. The zero-order valence-electron chi connectivity index (χ0n) is 7.52. The van der Waals surface area contributed by atoms with Gasteiger partial charge in [0.25, 0.3) is 5.91 Å². The molecule has 5 heteroatoms. The number of hydrogen-bond acceptors (Lipinski definition) is 4. The van der Waals surface area contributed by atoms with Crippen LogP contribution in [-0.4, -0.2) is 30.1 Å². The number of hydrogen-bond donors (Lipinski definition) is 1. The lowest BCUT2D eigenvalue weighted by Crippen LogP contribution is -2.33. The molecule has 1 amide bonds. The molecule has 0 atom stereocenters. The van der Waals surface area contributed by atoms with Gasteiger partial charge < -0.3 is 4.74 Å². The van der Waals surface area contributed by atoms with Crippen LogP contribution in [0, 0.1) is 0 Å². The number of methoxy groups -OCH3 is 1. The third-order valence-electron chi connectivity index (χ3n) is 1.51. The lowest BCUT2D eigenvalue weighted by atomic mass is 10.3. The Kier molecular flexibility index (Phi) is 2.81. The summed E-state index contributed by atoms with van der Waals surface area (Å²) in [7, 11) is 2.93. The third-order valence-corrected chi connectivity index (χ3v) is 1.51. The summed E-state index contributed by atoms with van der Waals surface area (Å²) in [6, 6.07) is 3.34. The fourth-order valence-corrected chi connectivity index (χ4v) is 0.883. The quantitative estimate of drug-likeness (QED) is 0.397. The molecule has 0 aliphatic carbocycles. The predicted octanol–water partition coefficient (Wildman–Crippen LogP) is 0.0359. The molecule has 13 heavy (non-hydrogen) atoms. The number of pyridine rings is 1. The summed E-state index contributed by atoms with van der Waals surface area (Å²) < 4.78 is 4.95. The number of rotatable bonds is 2. The van der Waals surface area contributed by atoms with E-state index in [0.717, 1.165) is 5.01 Å². The highest BCUT2D eigenvalue weighted by molar-refractivity contribution is 5.94. The molecule has 0 unspecified atom stereocenters. The van der Waals surface area contributed by atoms with E-state index in [1.54, 1.807) is 12.1 Å². The average Bonchev–Trinajstić information content (AvgIpc) is 2.16. The van der Waals surface area contributed by atoms with E-state index in [1.807, 2.05) is 0 Å². The SMILES string of the molecule is COc1cccnc1C(=O)N(C)N. The minimum atomic E-state index is -0.377. The summed E-state index contributed by atoms with van der Waals surface area (Å²) >= 11 is 0. The van der Waals surface area contributed by atoms with Crippen molar-refractivity contribution in [2.45, 2.75) is 0 Å². The van der Waals surface area contributed by atoms with Crippen molar-refractivity contribution < 1.29 is 9.53 Å². The van der Waals surface area contributed by atoms with Crippen LogP contribution < -0.4 is 10.6 Å². The van der Waals surface area contributed by atoms with Crippen molar-refractivity contribution in [2.24, 2.45) is 5.84 Å². The van der Waals surface area contributed by atoms with Gasteiger partial charge in [0.15, 0.2) is 5.69 Å². The Labute approximate surface area is 76.1 Å². The maximum atomic E-state index is 11.4. The van der Waals surface area contributed by atoms with Crippen LogP contribution in [0.5, 0.6) is 5.75 Å². The van der Waals surface area contributed by atoms with Crippen molar-refractivity contribution in [3.05, 3.63) is 24.0 Å². The number of amides is 1. The Morgan fingerprint density at radius 2 is 2.38 bits per heavy atom. The molecule has 0 bridgehead atoms. The molecule has 0 aliphatic heterocycles. The van der Waals surface area contributed by atoms with Gasteiger partial charge in [0, 0.05) is 13.2 Å². The Morgan fingerprint density at radius 3 is 2.92 bits per heavy atom. The molecule has 0 fully saturated rings. The van der Waals surface area contributed by atoms with Crippen molar-refractivity contribution in [1.29, 1.82) is 0 Å². The van der Waals surface area contributed by atoms with E-state index in [4.69, 9.17) is 10.6 Å². The van der Waals surface area contributed by atoms with E-state index < -0.39 is 0 Å². The second-order valence-corrected chi connectivity index (χ2v) is 2.47. The topological polar surface area (TPSA) is 68.5 Å². The predicted molar refractivity (Wildman–Crippen MR) is 47.1 cm³/mol. The smallest absolute Gasteiger partial charge is 0.289 e. The standard InChI is InChI=1S/C8H11N3O2/c1-11(9)8(12)7-6(13-2)4-3-5-10-7/h3-5H,9H2,1-2H3. The highest BCUT2D eigenvalue weighted by Gasteiger charge is 2.14.